The molecule has 0 saturated carbocycles. The van der Waals surface area contributed by atoms with Gasteiger partial charge in [0.1, 0.15) is 12.4 Å². The number of benzene rings is 2. The lowest BCUT2D eigenvalue weighted by molar-refractivity contribution is 0.171. The maximum absolute atomic E-state index is 13.7. The van der Waals surface area contributed by atoms with Crippen LogP contribution in [0.3, 0.4) is 0 Å². The van der Waals surface area contributed by atoms with Crippen molar-refractivity contribution in [2.45, 2.75) is 6.61 Å². The molecule has 1 N–H and O–H groups in total. The fourth-order valence-electron chi connectivity index (χ4n) is 1.92. The van der Waals surface area contributed by atoms with Crippen molar-refractivity contribution in [3.8, 4) is 11.5 Å². The highest BCUT2D eigenvalue weighted by molar-refractivity contribution is 6.32. The zero-order valence-corrected chi connectivity index (χ0v) is 14.3. The third-order valence-corrected chi connectivity index (χ3v) is 3.42. The average Bonchev–Trinajstić information content (AvgIpc) is 2.61. The van der Waals surface area contributed by atoms with E-state index in [1.807, 2.05) is 0 Å². The van der Waals surface area contributed by atoms with Crippen LogP contribution in [0.5, 0.6) is 11.5 Å². The Balaban J connectivity index is 2.16. The summed E-state index contributed by atoms with van der Waals surface area (Å²) in [7, 11) is 2.68. The number of methoxy groups -OCH3 is 2. The smallest absolute Gasteiger partial charge is 0.427 e. The molecule has 25 heavy (non-hydrogen) atoms. The van der Waals surface area contributed by atoms with Gasteiger partial charge < -0.3 is 14.2 Å². The van der Waals surface area contributed by atoms with Crippen LogP contribution >= 0.6 is 11.6 Å². The Morgan fingerprint density at radius 1 is 1.32 bits per heavy atom. The number of rotatable bonds is 6. The molecule has 0 aromatic heterocycles. The van der Waals surface area contributed by atoms with E-state index in [1.54, 1.807) is 30.3 Å². The number of nitrogens with one attached hydrogen (secondary N) is 1. The van der Waals surface area contributed by atoms with Crippen LogP contribution in [-0.2, 0) is 11.3 Å². The summed E-state index contributed by atoms with van der Waals surface area (Å²) in [6.07, 6.45) is 0.672. The first-order chi connectivity index (χ1) is 12.0. The number of carbonyl (C=O) groups is 1. The zero-order chi connectivity index (χ0) is 18.2. The Bertz CT molecular complexity index is 783. The number of amides is 1. The van der Waals surface area contributed by atoms with Crippen LogP contribution in [0.1, 0.15) is 11.1 Å². The molecule has 8 heteroatoms. The summed E-state index contributed by atoms with van der Waals surface area (Å²) in [6, 6.07) is 9.48. The topological polar surface area (TPSA) is 69.2 Å². The molecule has 1 amide bonds. The molecule has 6 nitrogen and oxygen atoms in total. The van der Waals surface area contributed by atoms with E-state index in [0.29, 0.717) is 16.9 Å². The zero-order valence-electron chi connectivity index (χ0n) is 13.6. The highest BCUT2D eigenvalue weighted by Crippen LogP contribution is 2.36. The Morgan fingerprint density at radius 3 is 2.76 bits per heavy atom. The first kappa shape index (κ1) is 18.5. The number of hydrazone groups is 1. The molecule has 0 aliphatic rings. The van der Waals surface area contributed by atoms with E-state index >= 15 is 0 Å². The summed E-state index contributed by atoms with van der Waals surface area (Å²) >= 11 is 6.22. The molecule has 0 heterocycles. The number of hydrogen-bond acceptors (Lipinski definition) is 5. The van der Waals surface area contributed by atoms with Crippen molar-refractivity contribution in [2.24, 2.45) is 5.10 Å². The van der Waals surface area contributed by atoms with Crippen molar-refractivity contribution in [1.29, 1.82) is 0 Å². The largest absolute Gasteiger partial charge is 0.493 e. The maximum Gasteiger partial charge on any atom is 0.427 e. The summed E-state index contributed by atoms with van der Waals surface area (Å²) in [4.78, 5) is 10.9. The lowest BCUT2D eigenvalue weighted by Crippen LogP contribution is -2.16. The van der Waals surface area contributed by atoms with Crippen LogP contribution in [0.25, 0.3) is 0 Å². The molecule has 0 unspecified atom stereocenters. The predicted octanol–water partition coefficient (Wildman–Crippen LogP) is 3.76. The Hall–Kier alpha value is -2.80. The third-order valence-electron chi connectivity index (χ3n) is 3.14. The molecule has 132 valence electrons. The maximum atomic E-state index is 13.7. The second kappa shape index (κ2) is 8.89. The van der Waals surface area contributed by atoms with Gasteiger partial charge in [-0.05, 0) is 23.8 Å². The van der Waals surface area contributed by atoms with Crippen LogP contribution in [0.4, 0.5) is 9.18 Å². The van der Waals surface area contributed by atoms with Crippen LogP contribution in [0.15, 0.2) is 41.5 Å². The van der Waals surface area contributed by atoms with Crippen molar-refractivity contribution in [3.63, 3.8) is 0 Å². The van der Waals surface area contributed by atoms with Gasteiger partial charge in [0.15, 0.2) is 11.5 Å². The molecule has 0 bridgehead atoms. The summed E-state index contributed by atoms with van der Waals surface area (Å²) in [5.41, 5.74) is 3.12. The molecular formula is C17H16ClFN2O4. The van der Waals surface area contributed by atoms with Crippen LogP contribution < -0.4 is 14.9 Å². The van der Waals surface area contributed by atoms with E-state index in [1.165, 1.54) is 26.5 Å². The lowest BCUT2D eigenvalue weighted by Gasteiger charge is -2.13. The molecule has 0 radical (unpaired) electrons. The van der Waals surface area contributed by atoms with Gasteiger partial charge in [0, 0.05) is 5.56 Å². The Morgan fingerprint density at radius 2 is 2.08 bits per heavy atom. The molecule has 2 aromatic rings. The van der Waals surface area contributed by atoms with E-state index in [4.69, 9.17) is 21.1 Å². The molecule has 0 spiro atoms. The number of carbonyl (C=O) groups excluding carboxylic acids is 1. The first-order valence-electron chi connectivity index (χ1n) is 7.16. The summed E-state index contributed by atoms with van der Waals surface area (Å²) in [6.45, 7) is 0.0000848. The fourth-order valence-corrected chi connectivity index (χ4v) is 2.20. The minimum Gasteiger partial charge on any atom is -0.493 e. The molecule has 2 aromatic carbocycles. The van der Waals surface area contributed by atoms with Gasteiger partial charge in [0.05, 0.1) is 25.5 Å². The van der Waals surface area contributed by atoms with Gasteiger partial charge in [-0.3, -0.25) is 0 Å². The number of hydrogen-bond donors (Lipinski definition) is 1. The van der Waals surface area contributed by atoms with Gasteiger partial charge in [-0.15, -0.1) is 0 Å². The van der Waals surface area contributed by atoms with Crippen molar-refractivity contribution < 1.29 is 23.4 Å². The number of halogens is 2. The van der Waals surface area contributed by atoms with Gasteiger partial charge in [0.2, 0.25) is 0 Å². The highest BCUT2D eigenvalue weighted by atomic mass is 35.5. The average molecular weight is 367 g/mol. The predicted molar refractivity (Wildman–Crippen MR) is 91.9 cm³/mol. The van der Waals surface area contributed by atoms with E-state index in [-0.39, 0.29) is 23.2 Å². The van der Waals surface area contributed by atoms with Crippen LogP contribution in [0, 0.1) is 5.82 Å². The third kappa shape index (κ3) is 5.09. The second-order valence-corrected chi connectivity index (χ2v) is 5.18. The van der Waals surface area contributed by atoms with Crippen LogP contribution in [-0.4, -0.2) is 26.5 Å². The van der Waals surface area contributed by atoms with Crippen LogP contribution in [0.2, 0.25) is 5.02 Å². The van der Waals surface area contributed by atoms with E-state index in [2.05, 4.69) is 15.3 Å². The van der Waals surface area contributed by atoms with Crippen molar-refractivity contribution >= 4 is 23.9 Å². The molecule has 0 aliphatic heterocycles. The number of nitrogens with zero attached hydrogens (tertiary/aromatic N) is 1. The van der Waals surface area contributed by atoms with Gasteiger partial charge in [-0.1, -0.05) is 29.8 Å². The summed E-state index contributed by atoms with van der Waals surface area (Å²) < 4.78 is 28.9. The molecular weight excluding hydrogens is 351 g/mol. The SMILES string of the molecule is COC(=O)NN=Cc1cc(Cl)c(OCc2ccccc2F)c(OC)c1. The van der Waals surface area contributed by atoms with E-state index in [0.717, 1.165) is 0 Å². The Kier molecular flexibility index (Phi) is 6.59. The lowest BCUT2D eigenvalue weighted by atomic mass is 10.2. The number of ether oxygens (including phenoxy) is 3. The van der Waals surface area contributed by atoms with Gasteiger partial charge in [0.25, 0.3) is 0 Å². The standard InChI is InChI=1S/C17H16ClFN2O4/c1-23-15-8-11(9-20-21-17(22)24-2)7-13(18)16(15)25-10-12-5-3-4-6-14(12)19/h3-9H,10H2,1-2H3,(H,21,22). The second-order valence-electron chi connectivity index (χ2n) is 4.78. The molecule has 0 saturated heterocycles. The molecule has 0 aliphatic carbocycles. The minimum atomic E-state index is -0.695. The van der Waals surface area contributed by atoms with E-state index < -0.39 is 6.09 Å². The summed E-state index contributed by atoms with van der Waals surface area (Å²) in [5, 5.41) is 3.97. The molecule has 2 rings (SSSR count). The van der Waals surface area contributed by atoms with Gasteiger partial charge in [-0.2, -0.15) is 5.10 Å². The monoisotopic (exact) mass is 366 g/mol. The van der Waals surface area contributed by atoms with Gasteiger partial charge in [-0.25, -0.2) is 14.6 Å². The van der Waals surface area contributed by atoms with Crippen molar-refractivity contribution in [3.05, 3.63) is 58.4 Å². The normalized spacial score (nSPS) is 10.6. The van der Waals surface area contributed by atoms with Crippen molar-refractivity contribution in [2.75, 3.05) is 14.2 Å². The Labute approximate surface area is 149 Å². The van der Waals surface area contributed by atoms with Crippen molar-refractivity contribution in [1.82, 2.24) is 5.43 Å². The minimum absolute atomic E-state index is 0.0000848. The summed E-state index contributed by atoms with van der Waals surface area (Å²) in [5.74, 6) is 0.268. The molecule has 0 fully saturated rings. The fraction of sp³-hybridized carbons (Fsp3) is 0.176. The molecule has 0 atom stereocenters. The van der Waals surface area contributed by atoms with E-state index in [9.17, 15) is 9.18 Å². The van der Waals surface area contributed by atoms with Gasteiger partial charge >= 0.3 is 6.09 Å². The highest BCUT2D eigenvalue weighted by Gasteiger charge is 2.13. The first-order valence-corrected chi connectivity index (χ1v) is 7.53. The quantitative estimate of drug-likeness (QED) is 0.624.